The zero-order chi connectivity index (χ0) is 14.2. The summed E-state index contributed by atoms with van der Waals surface area (Å²) < 4.78 is 15.7. The Balaban J connectivity index is 1.86. The molecule has 0 unspecified atom stereocenters. The van der Waals surface area contributed by atoms with Crippen molar-refractivity contribution in [3.05, 3.63) is 60.9 Å². The van der Waals surface area contributed by atoms with Crippen LogP contribution >= 0.6 is 11.8 Å². The molecule has 0 saturated carbocycles. The summed E-state index contributed by atoms with van der Waals surface area (Å²) in [6.45, 7) is 0. The molecule has 4 nitrogen and oxygen atoms in total. The lowest BCUT2D eigenvalue weighted by Crippen LogP contribution is -1.91. The molecule has 3 aromatic heterocycles. The van der Waals surface area contributed by atoms with E-state index in [-0.39, 0.29) is 5.82 Å². The number of hydrogen-bond donors (Lipinski definition) is 0. The van der Waals surface area contributed by atoms with E-state index >= 15 is 0 Å². The molecule has 0 aliphatic carbocycles. The smallest absolute Gasteiger partial charge is 0.179 e. The lowest BCUT2D eigenvalue weighted by Gasteiger charge is -2.04. The van der Waals surface area contributed by atoms with Crippen molar-refractivity contribution in [2.75, 3.05) is 0 Å². The fourth-order valence-electron chi connectivity index (χ4n) is 2.19. The van der Waals surface area contributed by atoms with Crippen molar-refractivity contribution in [3.8, 4) is 0 Å². The number of rotatable bonds is 2. The largest absolute Gasteiger partial charge is 0.295 e. The van der Waals surface area contributed by atoms with Crippen molar-refractivity contribution in [2.45, 2.75) is 10.2 Å². The van der Waals surface area contributed by atoms with Gasteiger partial charge in [0.2, 0.25) is 0 Å². The Hall–Kier alpha value is -2.47. The first-order valence-electron chi connectivity index (χ1n) is 6.32. The second-order valence-corrected chi connectivity index (χ2v) is 5.41. The summed E-state index contributed by atoms with van der Waals surface area (Å²) in [7, 11) is 0. The molecular formula is C15H9FN4S. The maximum Gasteiger partial charge on any atom is 0.179 e. The molecular weight excluding hydrogens is 287 g/mol. The van der Waals surface area contributed by atoms with E-state index in [4.69, 9.17) is 0 Å². The van der Waals surface area contributed by atoms with Gasteiger partial charge in [-0.15, -0.1) is 0 Å². The molecule has 0 aliphatic heterocycles. The highest BCUT2D eigenvalue weighted by Crippen LogP contribution is 2.31. The molecule has 102 valence electrons. The molecule has 4 rings (SSSR count). The van der Waals surface area contributed by atoms with Crippen molar-refractivity contribution >= 4 is 28.2 Å². The third-order valence-corrected chi connectivity index (χ3v) is 4.18. The van der Waals surface area contributed by atoms with Crippen LogP contribution in [0.5, 0.6) is 0 Å². The van der Waals surface area contributed by atoms with Gasteiger partial charge in [0.05, 0.1) is 11.7 Å². The summed E-state index contributed by atoms with van der Waals surface area (Å²) in [5.74, 6) is -0.343. The summed E-state index contributed by atoms with van der Waals surface area (Å²) in [6.07, 6.45) is 5.12. The SMILES string of the molecule is Fc1cccc2c(Sc3ncc4ccccn34)ncnc12. The topological polar surface area (TPSA) is 43.1 Å². The monoisotopic (exact) mass is 296 g/mol. The Labute approximate surface area is 123 Å². The zero-order valence-corrected chi connectivity index (χ0v) is 11.6. The summed E-state index contributed by atoms with van der Waals surface area (Å²) in [4.78, 5) is 12.7. The van der Waals surface area contributed by atoms with Gasteiger partial charge in [-0.1, -0.05) is 12.1 Å². The number of para-hydroxylation sites is 1. The first kappa shape index (κ1) is 12.3. The van der Waals surface area contributed by atoms with Gasteiger partial charge in [-0.05, 0) is 36.0 Å². The molecule has 0 radical (unpaired) electrons. The van der Waals surface area contributed by atoms with Crippen LogP contribution in [0.1, 0.15) is 0 Å². The van der Waals surface area contributed by atoms with E-state index in [9.17, 15) is 4.39 Å². The summed E-state index contributed by atoms with van der Waals surface area (Å²) in [6, 6.07) is 10.8. The van der Waals surface area contributed by atoms with Crippen molar-refractivity contribution < 1.29 is 4.39 Å². The van der Waals surface area contributed by atoms with Crippen LogP contribution in [0.15, 0.2) is 65.3 Å². The van der Waals surface area contributed by atoms with Crippen molar-refractivity contribution in [1.29, 1.82) is 0 Å². The molecule has 0 fully saturated rings. The number of benzene rings is 1. The minimum atomic E-state index is -0.343. The molecule has 0 saturated heterocycles. The highest BCUT2D eigenvalue weighted by atomic mass is 32.2. The number of nitrogens with zero attached hydrogens (tertiary/aromatic N) is 4. The van der Waals surface area contributed by atoms with E-state index in [1.165, 1.54) is 24.2 Å². The predicted octanol–water partition coefficient (Wildman–Crippen LogP) is 3.57. The van der Waals surface area contributed by atoms with Gasteiger partial charge in [-0.3, -0.25) is 4.40 Å². The van der Waals surface area contributed by atoms with Gasteiger partial charge in [-0.2, -0.15) is 0 Å². The van der Waals surface area contributed by atoms with Gasteiger partial charge in [0.1, 0.15) is 22.7 Å². The summed E-state index contributed by atoms with van der Waals surface area (Å²) in [5.41, 5.74) is 1.33. The molecule has 0 amide bonds. The molecule has 0 bridgehead atoms. The van der Waals surface area contributed by atoms with E-state index in [0.29, 0.717) is 15.9 Å². The second kappa shape index (κ2) is 4.82. The third kappa shape index (κ3) is 2.04. The lowest BCUT2D eigenvalue weighted by atomic mass is 10.2. The average molecular weight is 296 g/mol. The van der Waals surface area contributed by atoms with Crippen LogP contribution in [-0.4, -0.2) is 19.4 Å². The van der Waals surface area contributed by atoms with Crippen LogP contribution in [0, 0.1) is 5.82 Å². The fraction of sp³-hybridized carbons (Fsp3) is 0. The van der Waals surface area contributed by atoms with Crippen LogP contribution in [0.2, 0.25) is 0 Å². The number of fused-ring (bicyclic) bond motifs is 2. The Kier molecular flexibility index (Phi) is 2.82. The maximum absolute atomic E-state index is 13.8. The molecule has 0 spiro atoms. The van der Waals surface area contributed by atoms with E-state index < -0.39 is 0 Å². The van der Waals surface area contributed by atoms with Gasteiger partial charge in [0.15, 0.2) is 5.16 Å². The summed E-state index contributed by atoms with van der Waals surface area (Å²) in [5, 5.41) is 2.17. The van der Waals surface area contributed by atoms with Crippen LogP contribution in [0.4, 0.5) is 4.39 Å². The first-order valence-corrected chi connectivity index (χ1v) is 7.14. The molecule has 0 atom stereocenters. The second-order valence-electron chi connectivity index (χ2n) is 4.45. The van der Waals surface area contributed by atoms with E-state index in [1.807, 2.05) is 34.9 Å². The quantitative estimate of drug-likeness (QED) is 0.530. The number of imidazole rings is 1. The molecule has 0 aliphatic rings. The van der Waals surface area contributed by atoms with Crippen molar-refractivity contribution in [3.63, 3.8) is 0 Å². The number of aromatic nitrogens is 4. The highest BCUT2D eigenvalue weighted by molar-refractivity contribution is 7.99. The third-order valence-electron chi connectivity index (χ3n) is 3.17. The summed E-state index contributed by atoms with van der Waals surface area (Å²) >= 11 is 1.40. The standard InChI is InChI=1S/C15H9FN4S/c16-12-6-3-5-11-13(12)18-9-19-14(11)21-15-17-8-10-4-1-2-7-20(10)15/h1-9H. The molecule has 0 N–H and O–H groups in total. The first-order chi connectivity index (χ1) is 10.3. The highest BCUT2D eigenvalue weighted by Gasteiger charge is 2.11. The zero-order valence-electron chi connectivity index (χ0n) is 10.8. The Morgan fingerprint density at radius 1 is 1.00 bits per heavy atom. The number of hydrogen-bond acceptors (Lipinski definition) is 4. The van der Waals surface area contributed by atoms with E-state index in [1.54, 1.807) is 12.3 Å². The molecule has 1 aromatic carbocycles. The molecule has 4 aromatic rings. The minimum Gasteiger partial charge on any atom is -0.295 e. The maximum atomic E-state index is 13.8. The predicted molar refractivity (Wildman–Crippen MR) is 78.8 cm³/mol. The molecule has 21 heavy (non-hydrogen) atoms. The van der Waals surface area contributed by atoms with Crippen LogP contribution in [0.25, 0.3) is 16.4 Å². The van der Waals surface area contributed by atoms with Crippen molar-refractivity contribution in [1.82, 2.24) is 19.4 Å². The average Bonchev–Trinajstić information content (AvgIpc) is 2.92. The number of halogens is 1. The Bertz CT molecular complexity index is 951. The van der Waals surface area contributed by atoms with Crippen LogP contribution in [0.3, 0.4) is 0 Å². The lowest BCUT2D eigenvalue weighted by molar-refractivity contribution is 0.636. The normalized spacial score (nSPS) is 11.3. The van der Waals surface area contributed by atoms with E-state index in [2.05, 4.69) is 15.0 Å². The number of pyridine rings is 1. The minimum absolute atomic E-state index is 0.330. The van der Waals surface area contributed by atoms with Crippen LogP contribution in [-0.2, 0) is 0 Å². The fourth-order valence-corrected chi connectivity index (χ4v) is 3.11. The Morgan fingerprint density at radius 3 is 2.90 bits per heavy atom. The van der Waals surface area contributed by atoms with Gasteiger partial charge in [-0.25, -0.2) is 19.3 Å². The van der Waals surface area contributed by atoms with Gasteiger partial charge in [0, 0.05) is 11.6 Å². The van der Waals surface area contributed by atoms with Gasteiger partial charge >= 0.3 is 0 Å². The van der Waals surface area contributed by atoms with Crippen LogP contribution < -0.4 is 0 Å². The van der Waals surface area contributed by atoms with Crippen molar-refractivity contribution in [2.24, 2.45) is 0 Å². The molecule has 6 heteroatoms. The Morgan fingerprint density at radius 2 is 1.95 bits per heavy atom. The molecule has 3 heterocycles. The van der Waals surface area contributed by atoms with E-state index in [0.717, 1.165) is 10.7 Å². The van der Waals surface area contributed by atoms with Gasteiger partial charge in [0.25, 0.3) is 0 Å². The van der Waals surface area contributed by atoms with Gasteiger partial charge < -0.3 is 0 Å².